The summed E-state index contributed by atoms with van der Waals surface area (Å²) in [5.41, 5.74) is -0.338. The third-order valence-corrected chi connectivity index (χ3v) is 2.17. The van der Waals surface area contributed by atoms with Crippen molar-refractivity contribution in [2.24, 2.45) is 0 Å². The Balaban J connectivity index is 2.01. The van der Waals surface area contributed by atoms with E-state index in [1.54, 1.807) is 0 Å². The molecule has 0 aromatic heterocycles. The second-order valence-electron chi connectivity index (χ2n) is 3.25. The van der Waals surface area contributed by atoms with E-state index in [4.69, 9.17) is 0 Å². The summed E-state index contributed by atoms with van der Waals surface area (Å²) in [6.07, 6.45) is 4.33. The molecule has 0 aromatic carbocycles. The lowest BCUT2D eigenvalue weighted by Gasteiger charge is -2.36. The molecule has 1 saturated carbocycles. The van der Waals surface area contributed by atoms with Gasteiger partial charge in [-0.05, 0) is 32.2 Å². The number of aliphatic hydroxyl groups is 1. The molecule has 10 heavy (non-hydrogen) atoms. The average Bonchev–Trinajstić information content (AvgIpc) is 1.85. The van der Waals surface area contributed by atoms with Crippen molar-refractivity contribution in [1.82, 2.24) is 5.32 Å². The summed E-state index contributed by atoms with van der Waals surface area (Å²) in [6, 6.07) is 0. The molecule has 0 heterocycles. The predicted octanol–water partition coefficient (Wildman–Crippen LogP) is 0.901. The van der Waals surface area contributed by atoms with Crippen LogP contribution in [0.1, 0.15) is 32.6 Å². The fourth-order valence-electron chi connectivity index (χ4n) is 1.26. The number of hydrogen-bond acceptors (Lipinski definition) is 2. The normalized spacial score (nSPS) is 22.2. The van der Waals surface area contributed by atoms with Crippen LogP contribution >= 0.6 is 0 Å². The van der Waals surface area contributed by atoms with E-state index in [2.05, 4.69) is 12.2 Å². The van der Waals surface area contributed by atoms with Gasteiger partial charge in [-0.2, -0.15) is 0 Å². The molecule has 60 valence electrons. The highest BCUT2D eigenvalue weighted by atomic mass is 16.3. The maximum atomic E-state index is 9.57. The van der Waals surface area contributed by atoms with Crippen molar-refractivity contribution in [2.75, 3.05) is 13.1 Å². The van der Waals surface area contributed by atoms with E-state index < -0.39 is 0 Å². The van der Waals surface area contributed by atoms with Crippen molar-refractivity contribution >= 4 is 0 Å². The zero-order chi connectivity index (χ0) is 7.45. The van der Waals surface area contributed by atoms with Gasteiger partial charge in [0.15, 0.2) is 0 Å². The van der Waals surface area contributed by atoms with Crippen molar-refractivity contribution in [3.8, 4) is 0 Å². The minimum Gasteiger partial charge on any atom is -0.389 e. The maximum absolute atomic E-state index is 9.57. The molecular weight excluding hydrogens is 126 g/mol. The molecule has 0 atom stereocenters. The molecule has 0 unspecified atom stereocenters. The Labute approximate surface area is 62.6 Å². The quantitative estimate of drug-likeness (QED) is 0.573. The standard InChI is InChI=1S/C8H17NO/c1-2-6-9-7-8(10)4-3-5-8/h9-10H,2-7H2,1H3. The summed E-state index contributed by atoms with van der Waals surface area (Å²) >= 11 is 0. The van der Waals surface area contributed by atoms with Gasteiger partial charge in [-0.3, -0.25) is 0 Å². The van der Waals surface area contributed by atoms with Crippen molar-refractivity contribution in [3.05, 3.63) is 0 Å². The van der Waals surface area contributed by atoms with Crippen LogP contribution in [-0.2, 0) is 0 Å². The Bertz CT molecular complexity index is 99.4. The molecule has 0 amide bonds. The van der Waals surface area contributed by atoms with E-state index in [-0.39, 0.29) is 5.60 Å². The van der Waals surface area contributed by atoms with Crippen LogP contribution in [0.4, 0.5) is 0 Å². The minimum atomic E-state index is -0.338. The van der Waals surface area contributed by atoms with E-state index in [0.29, 0.717) is 0 Å². The fraction of sp³-hybridized carbons (Fsp3) is 1.00. The summed E-state index contributed by atoms with van der Waals surface area (Å²) in [5, 5.41) is 12.8. The molecule has 1 aliphatic rings. The van der Waals surface area contributed by atoms with Gasteiger partial charge in [-0.25, -0.2) is 0 Å². The molecule has 1 rings (SSSR count). The van der Waals surface area contributed by atoms with E-state index >= 15 is 0 Å². The summed E-state index contributed by atoms with van der Waals surface area (Å²) in [5.74, 6) is 0. The lowest BCUT2D eigenvalue weighted by atomic mass is 9.80. The third-order valence-electron chi connectivity index (χ3n) is 2.17. The van der Waals surface area contributed by atoms with Crippen LogP contribution < -0.4 is 5.32 Å². The van der Waals surface area contributed by atoms with Crippen LogP contribution in [0, 0.1) is 0 Å². The SMILES string of the molecule is CCCNCC1(O)CCC1. The molecule has 0 saturated heterocycles. The summed E-state index contributed by atoms with van der Waals surface area (Å²) in [6.45, 7) is 3.96. The van der Waals surface area contributed by atoms with Crippen molar-refractivity contribution in [3.63, 3.8) is 0 Å². The van der Waals surface area contributed by atoms with Gasteiger partial charge in [0.05, 0.1) is 5.60 Å². The molecular formula is C8H17NO. The molecule has 0 radical (unpaired) electrons. The highest BCUT2D eigenvalue weighted by Gasteiger charge is 2.33. The lowest BCUT2D eigenvalue weighted by molar-refractivity contribution is -0.0310. The second kappa shape index (κ2) is 3.35. The van der Waals surface area contributed by atoms with Crippen LogP contribution in [0.5, 0.6) is 0 Å². The number of hydrogen-bond donors (Lipinski definition) is 2. The first-order valence-electron chi connectivity index (χ1n) is 4.20. The van der Waals surface area contributed by atoms with Crippen molar-refractivity contribution < 1.29 is 5.11 Å². The molecule has 0 bridgehead atoms. The van der Waals surface area contributed by atoms with Crippen LogP contribution in [0.3, 0.4) is 0 Å². The Morgan fingerprint density at radius 1 is 1.50 bits per heavy atom. The largest absolute Gasteiger partial charge is 0.389 e. The molecule has 2 N–H and O–H groups in total. The molecule has 2 nitrogen and oxygen atoms in total. The van der Waals surface area contributed by atoms with Gasteiger partial charge < -0.3 is 10.4 Å². The molecule has 0 aliphatic heterocycles. The van der Waals surface area contributed by atoms with E-state index in [0.717, 1.165) is 32.4 Å². The predicted molar refractivity (Wildman–Crippen MR) is 42.0 cm³/mol. The number of nitrogens with one attached hydrogen (secondary N) is 1. The first-order valence-corrected chi connectivity index (χ1v) is 4.20. The average molecular weight is 143 g/mol. The van der Waals surface area contributed by atoms with Gasteiger partial charge in [0, 0.05) is 6.54 Å². The summed E-state index contributed by atoms with van der Waals surface area (Å²) < 4.78 is 0. The first kappa shape index (κ1) is 8.02. The van der Waals surface area contributed by atoms with Crippen LogP contribution in [-0.4, -0.2) is 23.8 Å². The Morgan fingerprint density at radius 3 is 2.60 bits per heavy atom. The van der Waals surface area contributed by atoms with Gasteiger partial charge in [0.25, 0.3) is 0 Å². The minimum absolute atomic E-state index is 0.338. The second-order valence-corrected chi connectivity index (χ2v) is 3.25. The third kappa shape index (κ3) is 1.96. The molecule has 2 heteroatoms. The summed E-state index contributed by atoms with van der Waals surface area (Å²) in [4.78, 5) is 0. The zero-order valence-corrected chi connectivity index (χ0v) is 6.69. The zero-order valence-electron chi connectivity index (χ0n) is 6.69. The molecule has 0 aromatic rings. The van der Waals surface area contributed by atoms with Crippen LogP contribution in [0.25, 0.3) is 0 Å². The Hall–Kier alpha value is -0.0800. The molecule has 1 fully saturated rings. The van der Waals surface area contributed by atoms with Gasteiger partial charge in [-0.15, -0.1) is 0 Å². The van der Waals surface area contributed by atoms with Crippen molar-refractivity contribution in [1.29, 1.82) is 0 Å². The molecule has 1 aliphatic carbocycles. The van der Waals surface area contributed by atoms with Gasteiger partial charge in [0.1, 0.15) is 0 Å². The van der Waals surface area contributed by atoms with E-state index in [1.807, 2.05) is 0 Å². The summed E-state index contributed by atoms with van der Waals surface area (Å²) in [7, 11) is 0. The van der Waals surface area contributed by atoms with Gasteiger partial charge in [-0.1, -0.05) is 6.92 Å². The number of rotatable bonds is 4. The highest BCUT2D eigenvalue weighted by Crippen LogP contribution is 2.30. The Morgan fingerprint density at radius 2 is 2.20 bits per heavy atom. The highest BCUT2D eigenvalue weighted by molar-refractivity contribution is 4.89. The topological polar surface area (TPSA) is 32.3 Å². The monoisotopic (exact) mass is 143 g/mol. The van der Waals surface area contributed by atoms with Gasteiger partial charge in [0.2, 0.25) is 0 Å². The van der Waals surface area contributed by atoms with Crippen LogP contribution in [0.15, 0.2) is 0 Å². The first-order chi connectivity index (χ1) is 4.77. The lowest BCUT2D eigenvalue weighted by Crippen LogP contribution is -2.46. The fourth-order valence-corrected chi connectivity index (χ4v) is 1.26. The van der Waals surface area contributed by atoms with E-state index in [9.17, 15) is 5.11 Å². The Kier molecular flexibility index (Phi) is 2.69. The smallest absolute Gasteiger partial charge is 0.0771 e. The maximum Gasteiger partial charge on any atom is 0.0771 e. The molecule has 0 spiro atoms. The van der Waals surface area contributed by atoms with Crippen LogP contribution in [0.2, 0.25) is 0 Å². The van der Waals surface area contributed by atoms with Crippen molar-refractivity contribution in [2.45, 2.75) is 38.2 Å². The van der Waals surface area contributed by atoms with Gasteiger partial charge >= 0.3 is 0 Å². The van der Waals surface area contributed by atoms with E-state index in [1.165, 1.54) is 6.42 Å².